The number of rotatable bonds is 10. The minimum absolute atomic E-state index is 0.00476. The second kappa shape index (κ2) is 25.0. The lowest BCUT2D eigenvalue weighted by atomic mass is 10.0. The summed E-state index contributed by atoms with van der Waals surface area (Å²) in [5.74, 6) is 0.827. The number of para-hydroxylation sites is 4. The zero-order valence-electron chi connectivity index (χ0n) is 38.1. The Morgan fingerprint density at radius 2 is 1.00 bits per heavy atom. The summed E-state index contributed by atoms with van der Waals surface area (Å²) in [6.07, 6.45) is -4.59. The zero-order valence-corrected chi connectivity index (χ0v) is 38.8. The van der Waals surface area contributed by atoms with Crippen molar-refractivity contribution in [2.45, 2.75) is 6.18 Å². The summed E-state index contributed by atoms with van der Waals surface area (Å²) in [6, 6.07) is 39.5. The van der Waals surface area contributed by atoms with Crippen LogP contribution in [0.3, 0.4) is 0 Å². The third kappa shape index (κ3) is 14.6. The van der Waals surface area contributed by atoms with E-state index in [2.05, 4.69) is 31.9 Å². The van der Waals surface area contributed by atoms with Gasteiger partial charge in [-0.05, 0) is 90.0 Å². The smallest absolute Gasteiger partial charge is 0.416 e. The van der Waals surface area contributed by atoms with Crippen LogP contribution in [0.15, 0.2) is 146 Å². The monoisotopic (exact) mass is 1000 g/mol. The molecular formula is C51H42ClF3N8O9. The maximum Gasteiger partial charge on any atom is 0.416 e. The van der Waals surface area contributed by atoms with Crippen molar-refractivity contribution in [1.82, 2.24) is 0 Å². The molecule has 368 valence electrons. The average Bonchev–Trinajstić information content (AvgIpc) is 3.37. The number of aromatic hydroxyl groups is 3. The molecule has 9 N–H and O–H groups in total. The third-order valence-electron chi connectivity index (χ3n) is 9.72. The highest BCUT2D eigenvalue weighted by Gasteiger charge is 2.31. The Labute approximate surface area is 414 Å². The van der Waals surface area contributed by atoms with Crippen LogP contribution in [-0.2, 0) is 6.18 Å². The maximum absolute atomic E-state index is 12.7. The topological polar surface area (TPSA) is 259 Å². The van der Waals surface area contributed by atoms with E-state index in [1.54, 1.807) is 66.7 Å². The van der Waals surface area contributed by atoms with Crippen molar-refractivity contribution < 1.29 is 57.1 Å². The standard InChI is InChI=1S/C20H18N2O3.C16H15N3O4.C15H9ClF3N3O2/c1-25-19-10-6-5-9-16(19)21-20(24)22-17-13-15(11-12-18(17)23)14-7-3-2-4-8-14;1-22-11-6-7-12(14(8-11)23-2)18-16(21)19-13-5-3-4-10(9-17)15(13)20;16-10-5-4-9(15(17,18)19)6-12(10)22-14(24)21-11-3-1-2-8(7-20)13(11)23/h2-13,23H,1H3,(H2,21,22,24);3-8,20H,1-2H3,(H2,18,19,21);1-6,23H,(H2,21,22,24). The van der Waals surface area contributed by atoms with Crippen molar-refractivity contribution in [3.8, 4) is 57.8 Å². The maximum atomic E-state index is 12.7. The highest BCUT2D eigenvalue weighted by atomic mass is 35.5. The van der Waals surface area contributed by atoms with Gasteiger partial charge in [-0.1, -0.05) is 72.3 Å². The summed E-state index contributed by atoms with van der Waals surface area (Å²) in [5.41, 5.74) is 2.04. The van der Waals surface area contributed by atoms with Gasteiger partial charge in [-0.3, -0.25) is 0 Å². The molecule has 7 aromatic rings. The summed E-state index contributed by atoms with van der Waals surface area (Å²) >= 11 is 5.77. The van der Waals surface area contributed by atoms with Gasteiger partial charge in [-0.15, -0.1) is 0 Å². The van der Waals surface area contributed by atoms with E-state index in [1.807, 2.05) is 42.5 Å². The Hall–Kier alpha value is -9.79. The van der Waals surface area contributed by atoms with Crippen LogP contribution >= 0.6 is 11.6 Å². The molecule has 6 amide bonds. The summed E-state index contributed by atoms with van der Waals surface area (Å²) in [5, 5.41) is 62.1. The lowest BCUT2D eigenvalue weighted by Gasteiger charge is -2.13. The number of amides is 6. The Morgan fingerprint density at radius 3 is 1.54 bits per heavy atom. The van der Waals surface area contributed by atoms with E-state index in [0.29, 0.717) is 40.4 Å². The van der Waals surface area contributed by atoms with Crippen LogP contribution in [0.5, 0.6) is 34.5 Å². The van der Waals surface area contributed by atoms with Gasteiger partial charge in [-0.2, -0.15) is 23.7 Å². The van der Waals surface area contributed by atoms with Crippen LogP contribution in [0, 0.1) is 22.7 Å². The van der Waals surface area contributed by atoms with Gasteiger partial charge in [0.05, 0.1) is 77.2 Å². The molecule has 0 unspecified atom stereocenters. The fourth-order valence-electron chi connectivity index (χ4n) is 6.19. The molecular weight excluding hydrogens is 961 g/mol. The van der Waals surface area contributed by atoms with Gasteiger partial charge in [0, 0.05) is 6.07 Å². The molecule has 0 bridgehead atoms. The minimum Gasteiger partial charge on any atom is -0.506 e. The van der Waals surface area contributed by atoms with E-state index >= 15 is 0 Å². The van der Waals surface area contributed by atoms with Crippen molar-refractivity contribution in [3.63, 3.8) is 0 Å². The Kier molecular flexibility index (Phi) is 18.5. The van der Waals surface area contributed by atoms with Crippen molar-refractivity contribution in [2.24, 2.45) is 0 Å². The molecule has 72 heavy (non-hydrogen) atoms. The number of urea groups is 3. The number of anilines is 6. The van der Waals surface area contributed by atoms with Gasteiger partial charge in [0.2, 0.25) is 0 Å². The summed E-state index contributed by atoms with van der Waals surface area (Å²) in [4.78, 5) is 36.2. The molecule has 0 aromatic heterocycles. The molecule has 0 atom stereocenters. The lowest BCUT2D eigenvalue weighted by molar-refractivity contribution is -0.137. The van der Waals surface area contributed by atoms with Crippen LogP contribution in [0.25, 0.3) is 11.1 Å². The number of hydrogen-bond acceptors (Lipinski definition) is 11. The number of nitrogens with zero attached hydrogens (tertiary/aromatic N) is 2. The highest BCUT2D eigenvalue weighted by Crippen LogP contribution is 2.35. The number of ether oxygens (including phenoxy) is 3. The van der Waals surface area contributed by atoms with Gasteiger partial charge in [0.25, 0.3) is 0 Å². The molecule has 0 aliphatic heterocycles. The fourth-order valence-corrected chi connectivity index (χ4v) is 6.36. The van der Waals surface area contributed by atoms with Crippen molar-refractivity contribution in [1.29, 1.82) is 10.5 Å². The first-order valence-corrected chi connectivity index (χ1v) is 21.1. The van der Waals surface area contributed by atoms with Gasteiger partial charge in [0.15, 0.2) is 11.5 Å². The predicted molar refractivity (Wildman–Crippen MR) is 266 cm³/mol. The van der Waals surface area contributed by atoms with E-state index in [9.17, 15) is 42.9 Å². The zero-order chi connectivity index (χ0) is 52.4. The summed E-state index contributed by atoms with van der Waals surface area (Å²) in [7, 11) is 4.53. The first-order valence-electron chi connectivity index (χ1n) is 20.8. The summed E-state index contributed by atoms with van der Waals surface area (Å²) in [6.45, 7) is 0. The summed E-state index contributed by atoms with van der Waals surface area (Å²) < 4.78 is 53.5. The Balaban J connectivity index is 0.000000201. The fraction of sp³-hybridized carbons (Fsp3) is 0.0784. The predicted octanol–water partition coefficient (Wildman–Crippen LogP) is 12.2. The molecule has 0 fully saturated rings. The van der Waals surface area contributed by atoms with Crippen LogP contribution in [0.4, 0.5) is 61.7 Å². The largest absolute Gasteiger partial charge is 0.506 e. The van der Waals surface area contributed by atoms with Crippen LogP contribution < -0.4 is 46.1 Å². The van der Waals surface area contributed by atoms with E-state index in [1.165, 1.54) is 51.7 Å². The highest BCUT2D eigenvalue weighted by molar-refractivity contribution is 6.33. The molecule has 7 rings (SSSR count). The molecule has 0 aliphatic carbocycles. The van der Waals surface area contributed by atoms with Crippen molar-refractivity contribution in [2.75, 3.05) is 53.2 Å². The SMILES string of the molecule is COc1ccc(NC(=O)Nc2cccc(C#N)c2O)c(OC)c1.COc1ccccc1NC(=O)Nc1cc(-c2ccccc2)ccc1O.N#Cc1cccc(NC(=O)Nc2cc(C(F)(F)F)ccc2Cl)c1O. The van der Waals surface area contributed by atoms with Crippen LogP contribution in [0.2, 0.25) is 5.02 Å². The second-order valence-electron chi connectivity index (χ2n) is 14.4. The molecule has 0 saturated carbocycles. The number of carbonyl (C=O) groups is 3. The number of hydrogen-bond donors (Lipinski definition) is 9. The van der Waals surface area contributed by atoms with Gasteiger partial charge in [0.1, 0.15) is 35.1 Å². The molecule has 17 nitrogen and oxygen atoms in total. The normalized spacial score (nSPS) is 10.2. The Bertz CT molecular complexity index is 3150. The van der Waals surface area contributed by atoms with E-state index in [-0.39, 0.29) is 44.7 Å². The van der Waals surface area contributed by atoms with Gasteiger partial charge >= 0.3 is 24.3 Å². The first kappa shape index (κ1) is 53.2. The number of halogens is 4. The second-order valence-corrected chi connectivity index (χ2v) is 14.8. The number of methoxy groups -OCH3 is 3. The number of phenolic OH excluding ortho intramolecular Hbond substituents is 3. The molecule has 0 heterocycles. The quantitative estimate of drug-likeness (QED) is 0.0582. The van der Waals surface area contributed by atoms with E-state index < -0.39 is 35.6 Å². The molecule has 7 aromatic carbocycles. The van der Waals surface area contributed by atoms with Crippen molar-refractivity contribution in [3.05, 3.63) is 167 Å². The molecule has 0 aliphatic rings. The number of nitriles is 2. The average molecular weight is 1000 g/mol. The van der Waals surface area contributed by atoms with Gasteiger partial charge in [-0.25, -0.2) is 14.4 Å². The minimum atomic E-state index is -4.59. The van der Waals surface area contributed by atoms with Gasteiger partial charge < -0.3 is 61.4 Å². The number of nitrogens with one attached hydrogen (secondary N) is 6. The van der Waals surface area contributed by atoms with Crippen molar-refractivity contribution >= 4 is 63.8 Å². The van der Waals surface area contributed by atoms with E-state index in [0.717, 1.165) is 23.3 Å². The van der Waals surface area contributed by atoms with E-state index in [4.69, 9.17) is 36.3 Å². The number of phenols is 3. The molecule has 21 heteroatoms. The molecule has 0 radical (unpaired) electrons. The number of alkyl halides is 3. The lowest BCUT2D eigenvalue weighted by Crippen LogP contribution is -2.20. The number of carbonyl (C=O) groups excluding carboxylic acids is 3. The van der Waals surface area contributed by atoms with Crippen LogP contribution in [0.1, 0.15) is 16.7 Å². The third-order valence-corrected chi connectivity index (χ3v) is 10.0. The first-order chi connectivity index (χ1) is 34.5. The molecule has 0 saturated heterocycles. The van der Waals surface area contributed by atoms with Crippen LogP contribution in [-0.4, -0.2) is 54.7 Å². The Morgan fingerprint density at radius 1 is 0.500 bits per heavy atom. The number of benzene rings is 7. The molecule has 0 spiro atoms.